The van der Waals surface area contributed by atoms with E-state index in [-0.39, 0.29) is 17.3 Å². The summed E-state index contributed by atoms with van der Waals surface area (Å²) >= 11 is 14.9. The quantitative estimate of drug-likeness (QED) is 0.261. The lowest BCUT2D eigenvalue weighted by Crippen LogP contribution is -2.51. The van der Waals surface area contributed by atoms with Crippen LogP contribution in [0.1, 0.15) is 25.8 Å². The van der Waals surface area contributed by atoms with Crippen LogP contribution < -0.4 is 9.62 Å². The third kappa shape index (κ3) is 7.40. The average Bonchev–Trinajstić information content (AvgIpc) is 2.90. The molecule has 0 saturated heterocycles. The topological polar surface area (TPSA) is 86.8 Å². The van der Waals surface area contributed by atoms with Crippen molar-refractivity contribution in [3.05, 3.63) is 92.0 Å². The van der Waals surface area contributed by atoms with Crippen LogP contribution in [-0.4, -0.2) is 44.3 Å². The molecule has 2 amide bonds. The highest BCUT2D eigenvalue weighted by molar-refractivity contribution is 14.1. The molecule has 0 fully saturated rings. The van der Waals surface area contributed by atoms with Crippen LogP contribution in [0.5, 0.6) is 0 Å². The Labute approximate surface area is 247 Å². The number of carbonyl (C=O) groups excluding carboxylic acids is 2. The van der Waals surface area contributed by atoms with Crippen molar-refractivity contribution < 1.29 is 18.0 Å². The first-order valence-corrected chi connectivity index (χ1v) is 15.2. The molecule has 3 aromatic rings. The van der Waals surface area contributed by atoms with Crippen LogP contribution >= 0.6 is 45.8 Å². The standard InChI is InChI=1S/C27H28Cl2IN3O4S/c1-3-16-31-27(35)19(2)32(17-23-24(28)10-7-11-25(23)29)26(34)18-33(21-14-12-20(30)13-15-21)38(36,37)22-8-5-4-6-9-22/h4-15,19H,3,16-18H2,1-2H3,(H,31,35)/t19-/m1/s1. The minimum Gasteiger partial charge on any atom is -0.354 e. The lowest BCUT2D eigenvalue weighted by atomic mass is 10.1. The number of hydrogen-bond donors (Lipinski definition) is 1. The fourth-order valence-electron chi connectivity index (χ4n) is 3.69. The van der Waals surface area contributed by atoms with Crippen LogP contribution in [0.25, 0.3) is 0 Å². The molecule has 1 atom stereocenters. The number of hydrogen-bond acceptors (Lipinski definition) is 4. The van der Waals surface area contributed by atoms with Crippen LogP contribution in [0.15, 0.2) is 77.7 Å². The predicted molar refractivity (Wildman–Crippen MR) is 160 cm³/mol. The van der Waals surface area contributed by atoms with Crippen LogP contribution in [0.3, 0.4) is 0 Å². The largest absolute Gasteiger partial charge is 0.354 e. The van der Waals surface area contributed by atoms with Crippen molar-refractivity contribution >= 4 is 73.3 Å². The van der Waals surface area contributed by atoms with Gasteiger partial charge < -0.3 is 10.2 Å². The summed E-state index contributed by atoms with van der Waals surface area (Å²) in [4.78, 5) is 28.1. The molecule has 0 aliphatic rings. The molecule has 38 heavy (non-hydrogen) atoms. The third-order valence-corrected chi connectivity index (χ3v) is 9.05. The minimum atomic E-state index is -4.11. The van der Waals surface area contributed by atoms with Gasteiger partial charge in [-0.25, -0.2) is 8.42 Å². The number of amides is 2. The molecular formula is C27H28Cl2IN3O4S. The summed E-state index contributed by atoms with van der Waals surface area (Å²) in [5.74, 6) is -0.951. The summed E-state index contributed by atoms with van der Waals surface area (Å²) in [6.07, 6.45) is 0.721. The van der Waals surface area contributed by atoms with Crippen LogP contribution in [-0.2, 0) is 26.2 Å². The first-order chi connectivity index (χ1) is 18.1. The first-order valence-electron chi connectivity index (χ1n) is 11.9. The number of anilines is 1. The van der Waals surface area contributed by atoms with E-state index in [4.69, 9.17) is 23.2 Å². The molecule has 0 saturated carbocycles. The maximum atomic E-state index is 13.9. The van der Waals surface area contributed by atoms with Crippen molar-refractivity contribution in [3.8, 4) is 0 Å². The van der Waals surface area contributed by atoms with Gasteiger partial charge in [0, 0.05) is 32.3 Å². The zero-order valence-electron chi connectivity index (χ0n) is 20.9. The summed E-state index contributed by atoms with van der Waals surface area (Å²) in [5.41, 5.74) is 0.785. The zero-order valence-corrected chi connectivity index (χ0v) is 25.4. The van der Waals surface area contributed by atoms with Gasteiger partial charge in [-0.15, -0.1) is 0 Å². The molecular weight excluding hydrogens is 660 g/mol. The molecule has 7 nitrogen and oxygen atoms in total. The van der Waals surface area contributed by atoms with E-state index >= 15 is 0 Å². The summed E-state index contributed by atoms with van der Waals surface area (Å²) < 4.78 is 29.4. The number of benzene rings is 3. The molecule has 0 aromatic heterocycles. The SMILES string of the molecule is CCCNC(=O)[C@@H](C)N(Cc1c(Cl)cccc1Cl)C(=O)CN(c1ccc(I)cc1)S(=O)(=O)c1ccccc1. The minimum absolute atomic E-state index is 0.0424. The monoisotopic (exact) mass is 687 g/mol. The Morgan fingerprint density at radius 2 is 1.55 bits per heavy atom. The van der Waals surface area contributed by atoms with Gasteiger partial charge in [0.05, 0.1) is 10.6 Å². The molecule has 11 heteroatoms. The van der Waals surface area contributed by atoms with Gasteiger partial charge in [0.15, 0.2) is 0 Å². The van der Waals surface area contributed by atoms with Gasteiger partial charge in [0.1, 0.15) is 12.6 Å². The zero-order chi connectivity index (χ0) is 27.9. The van der Waals surface area contributed by atoms with Gasteiger partial charge in [0.2, 0.25) is 11.8 Å². The average molecular weight is 688 g/mol. The van der Waals surface area contributed by atoms with Gasteiger partial charge >= 0.3 is 0 Å². The molecule has 0 heterocycles. The molecule has 0 aliphatic heterocycles. The normalized spacial score (nSPS) is 12.0. The van der Waals surface area contributed by atoms with E-state index in [1.54, 1.807) is 67.6 Å². The number of halogens is 3. The lowest BCUT2D eigenvalue weighted by molar-refractivity contribution is -0.139. The van der Waals surface area contributed by atoms with Crippen molar-refractivity contribution in [2.24, 2.45) is 0 Å². The summed E-state index contributed by atoms with van der Waals surface area (Å²) in [7, 11) is -4.11. The Hall–Kier alpha value is -2.34. The molecule has 3 rings (SSSR count). The summed E-state index contributed by atoms with van der Waals surface area (Å²) in [6.45, 7) is 3.34. The van der Waals surface area contributed by atoms with Gasteiger partial charge in [-0.2, -0.15) is 0 Å². The Morgan fingerprint density at radius 1 is 0.947 bits per heavy atom. The highest BCUT2D eigenvalue weighted by Crippen LogP contribution is 2.28. The Bertz CT molecular complexity index is 1350. The van der Waals surface area contributed by atoms with E-state index in [0.717, 1.165) is 14.3 Å². The van der Waals surface area contributed by atoms with Crippen molar-refractivity contribution in [2.75, 3.05) is 17.4 Å². The van der Waals surface area contributed by atoms with Crippen molar-refractivity contribution in [3.63, 3.8) is 0 Å². The van der Waals surface area contributed by atoms with E-state index in [9.17, 15) is 18.0 Å². The Balaban J connectivity index is 2.04. The van der Waals surface area contributed by atoms with Crippen molar-refractivity contribution in [1.29, 1.82) is 0 Å². The fourth-order valence-corrected chi connectivity index (χ4v) is 6.00. The molecule has 0 unspecified atom stereocenters. The first kappa shape index (κ1) is 30.2. The fraction of sp³-hybridized carbons (Fsp3) is 0.259. The highest BCUT2D eigenvalue weighted by Gasteiger charge is 2.33. The molecule has 0 bridgehead atoms. The molecule has 0 radical (unpaired) electrons. The van der Waals surface area contributed by atoms with E-state index in [1.165, 1.54) is 17.0 Å². The molecule has 0 spiro atoms. The summed E-state index contributed by atoms with van der Waals surface area (Å²) in [6, 6.07) is 18.8. The second-order valence-electron chi connectivity index (χ2n) is 8.49. The Kier molecular flexibility index (Phi) is 10.8. The van der Waals surface area contributed by atoms with Gasteiger partial charge in [-0.05, 0) is 84.5 Å². The van der Waals surface area contributed by atoms with E-state index in [1.807, 2.05) is 6.92 Å². The van der Waals surface area contributed by atoms with Crippen molar-refractivity contribution in [2.45, 2.75) is 37.8 Å². The lowest BCUT2D eigenvalue weighted by Gasteiger charge is -2.32. The van der Waals surface area contributed by atoms with E-state index in [0.29, 0.717) is 27.8 Å². The van der Waals surface area contributed by atoms with Crippen molar-refractivity contribution in [1.82, 2.24) is 10.2 Å². The Morgan fingerprint density at radius 3 is 2.13 bits per heavy atom. The number of rotatable bonds is 11. The second kappa shape index (κ2) is 13.6. The highest BCUT2D eigenvalue weighted by atomic mass is 127. The third-order valence-electron chi connectivity index (χ3n) is 5.83. The number of nitrogens with zero attached hydrogens (tertiary/aromatic N) is 2. The van der Waals surface area contributed by atoms with Crippen LogP contribution in [0, 0.1) is 3.57 Å². The molecule has 202 valence electrons. The van der Waals surface area contributed by atoms with Crippen LogP contribution in [0.4, 0.5) is 5.69 Å². The van der Waals surface area contributed by atoms with Gasteiger partial charge in [-0.1, -0.05) is 54.4 Å². The predicted octanol–water partition coefficient (Wildman–Crippen LogP) is 5.74. The molecule has 1 N–H and O–H groups in total. The summed E-state index contributed by atoms with van der Waals surface area (Å²) in [5, 5.41) is 3.47. The van der Waals surface area contributed by atoms with Gasteiger partial charge in [0.25, 0.3) is 10.0 Å². The van der Waals surface area contributed by atoms with Gasteiger partial charge in [-0.3, -0.25) is 13.9 Å². The maximum absolute atomic E-state index is 13.9. The number of sulfonamides is 1. The number of nitrogens with one attached hydrogen (secondary N) is 1. The van der Waals surface area contributed by atoms with E-state index < -0.39 is 28.5 Å². The number of carbonyl (C=O) groups is 2. The van der Waals surface area contributed by atoms with Crippen LogP contribution in [0.2, 0.25) is 10.0 Å². The smallest absolute Gasteiger partial charge is 0.264 e. The molecule has 0 aliphatic carbocycles. The molecule has 3 aromatic carbocycles. The maximum Gasteiger partial charge on any atom is 0.264 e. The van der Waals surface area contributed by atoms with E-state index in [2.05, 4.69) is 27.9 Å². The second-order valence-corrected chi connectivity index (χ2v) is 12.4.